The third kappa shape index (κ3) is 3.52. The molecule has 1 saturated carbocycles. The lowest BCUT2D eigenvalue weighted by atomic mass is 10.2. The van der Waals surface area contributed by atoms with Crippen molar-refractivity contribution in [2.75, 3.05) is 12.8 Å². The molecule has 0 aliphatic heterocycles. The van der Waals surface area contributed by atoms with Gasteiger partial charge in [-0.15, -0.1) is 0 Å². The van der Waals surface area contributed by atoms with Crippen LogP contribution in [-0.2, 0) is 14.8 Å². The van der Waals surface area contributed by atoms with Gasteiger partial charge in [0.1, 0.15) is 4.90 Å². The van der Waals surface area contributed by atoms with Crippen molar-refractivity contribution in [2.24, 2.45) is 0 Å². The second kappa shape index (κ2) is 6.00. The van der Waals surface area contributed by atoms with Crippen LogP contribution in [0.2, 0.25) is 0 Å². The van der Waals surface area contributed by atoms with Crippen LogP contribution in [0.15, 0.2) is 23.1 Å². The summed E-state index contributed by atoms with van der Waals surface area (Å²) in [7, 11) is -2.17. The van der Waals surface area contributed by atoms with Crippen LogP contribution in [0.5, 0.6) is 0 Å². The summed E-state index contributed by atoms with van der Waals surface area (Å²) in [6.07, 6.45) is 2.18. The maximum atomic E-state index is 12.3. The van der Waals surface area contributed by atoms with Crippen LogP contribution in [0.1, 0.15) is 29.6 Å². The van der Waals surface area contributed by atoms with E-state index in [1.165, 1.54) is 12.1 Å². The second-order valence-electron chi connectivity index (χ2n) is 5.05. The Morgan fingerprint density at radius 1 is 1.43 bits per heavy atom. The number of carboxylic acid groups (broad SMARTS) is 1. The molecule has 1 aliphatic rings. The van der Waals surface area contributed by atoms with Gasteiger partial charge in [-0.25, -0.2) is 17.9 Å². The predicted molar refractivity (Wildman–Crippen MR) is 76.6 cm³/mol. The van der Waals surface area contributed by atoms with Gasteiger partial charge in [-0.05, 0) is 37.5 Å². The number of carboxylic acids is 1. The smallest absolute Gasteiger partial charge is 0.335 e. The van der Waals surface area contributed by atoms with E-state index in [1.54, 1.807) is 7.11 Å². The number of hydrogen-bond acceptors (Lipinski definition) is 5. The van der Waals surface area contributed by atoms with E-state index in [1.807, 2.05) is 0 Å². The average Bonchev–Trinajstić information content (AvgIpc) is 2.85. The monoisotopic (exact) mass is 314 g/mol. The van der Waals surface area contributed by atoms with Gasteiger partial charge in [0.2, 0.25) is 10.0 Å². The number of benzene rings is 1. The molecule has 2 rings (SSSR count). The Kier molecular flexibility index (Phi) is 4.50. The first-order chi connectivity index (χ1) is 9.83. The van der Waals surface area contributed by atoms with E-state index in [-0.39, 0.29) is 28.3 Å². The van der Waals surface area contributed by atoms with Gasteiger partial charge in [0.15, 0.2) is 0 Å². The number of nitrogens with two attached hydrogens (primary N) is 1. The van der Waals surface area contributed by atoms with Gasteiger partial charge in [-0.3, -0.25) is 0 Å². The normalized spacial score (nSPS) is 22.3. The molecule has 0 bridgehead atoms. The van der Waals surface area contributed by atoms with Crippen LogP contribution in [0, 0.1) is 0 Å². The molecule has 1 aliphatic carbocycles. The number of sulfonamides is 1. The van der Waals surface area contributed by atoms with Crippen molar-refractivity contribution in [3.63, 3.8) is 0 Å². The van der Waals surface area contributed by atoms with E-state index in [2.05, 4.69) is 4.72 Å². The molecular formula is C13H18N2O5S. The molecule has 8 heteroatoms. The fourth-order valence-electron chi connectivity index (χ4n) is 2.47. The summed E-state index contributed by atoms with van der Waals surface area (Å²) >= 11 is 0. The first kappa shape index (κ1) is 15.7. The lowest BCUT2D eigenvalue weighted by Gasteiger charge is -2.14. The molecule has 4 N–H and O–H groups in total. The van der Waals surface area contributed by atoms with Crippen molar-refractivity contribution in [1.82, 2.24) is 4.72 Å². The van der Waals surface area contributed by atoms with Gasteiger partial charge in [0.25, 0.3) is 0 Å². The molecule has 1 fully saturated rings. The molecule has 0 heterocycles. The van der Waals surface area contributed by atoms with Crippen LogP contribution in [0.3, 0.4) is 0 Å². The summed E-state index contributed by atoms with van der Waals surface area (Å²) in [6.45, 7) is 0. The summed E-state index contributed by atoms with van der Waals surface area (Å²) in [4.78, 5) is 10.7. The molecule has 0 spiro atoms. The quantitative estimate of drug-likeness (QED) is 0.692. The van der Waals surface area contributed by atoms with Crippen molar-refractivity contribution >= 4 is 21.7 Å². The zero-order valence-electron chi connectivity index (χ0n) is 11.6. The minimum atomic E-state index is -3.77. The third-order valence-corrected chi connectivity index (χ3v) is 5.18. The number of anilines is 1. The van der Waals surface area contributed by atoms with E-state index in [4.69, 9.17) is 15.6 Å². The Hall–Kier alpha value is -1.64. The van der Waals surface area contributed by atoms with Crippen molar-refractivity contribution in [3.8, 4) is 0 Å². The third-order valence-electron chi connectivity index (χ3n) is 3.59. The number of aromatic carboxylic acids is 1. The molecule has 116 valence electrons. The second-order valence-corrected chi connectivity index (χ2v) is 6.73. The molecule has 1 aromatic rings. The van der Waals surface area contributed by atoms with Gasteiger partial charge in [0, 0.05) is 13.2 Å². The number of nitrogens with one attached hydrogen (secondary N) is 1. The number of carbonyl (C=O) groups is 1. The molecule has 0 radical (unpaired) electrons. The largest absolute Gasteiger partial charge is 0.478 e. The number of nitrogen functional groups attached to an aromatic ring is 1. The highest BCUT2D eigenvalue weighted by Gasteiger charge is 2.29. The van der Waals surface area contributed by atoms with E-state index in [0.29, 0.717) is 12.8 Å². The van der Waals surface area contributed by atoms with Crippen molar-refractivity contribution in [2.45, 2.75) is 36.3 Å². The fourth-order valence-corrected chi connectivity index (χ4v) is 3.87. The standard InChI is InChI=1S/C13H18N2O5S/c1-20-10-4-3-9(7-10)15-21(18,19)12-5-2-8(13(16)17)6-11(12)14/h2,5-6,9-10,15H,3-4,7,14H2,1H3,(H,16,17). The van der Waals surface area contributed by atoms with Crippen LogP contribution in [-0.4, -0.2) is 38.7 Å². The van der Waals surface area contributed by atoms with Gasteiger partial charge < -0.3 is 15.6 Å². The highest BCUT2D eigenvalue weighted by atomic mass is 32.2. The summed E-state index contributed by atoms with van der Waals surface area (Å²) in [6, 6.07) is 3.38. The summed E-state index contributed by atoms with van der Waals surface area (Å²) in [5.41, 5.74) is 5.54. The number of hydrogen-bond donors (Lipinski definition) is 3. The van der Waals surface area contributed by atoms with Gasteiger partial charge >= 0.3 is 5.97 Å². The molecule has 0 aromatic heterocycles. The van der Waals surface area contributed by atoms with Crippen molar-refractivity contribution in [1.29, 1.82) is 0 Å². The van der Waals surface area contributed by atoms with Gasteiger partial charge in [-0.1, -0.05) is 0 Å². The van der Waals surface area contributed by atoms with Crippen LogP contribution < -0.4 is 10.5 Å². The molecular weight excluding hydrogens is 296 g/mol. The van der Waals surface area contributed by atoms with Gasteiger partial charge in [0.05, 0.1) is 17.4 Å². The lowest BCUT2D eigenvalue weighted by Crippen LogP contribution is -2.33. The minimum Gasteiger partial charge on any atom is -0.478 e. The molecule has 21 heavy (non-hydrogen) atoms. The first-order valence-corrected chi connectivity index (χ1v) is 7.99. The number of ether oxygens (including phenoxy) is 1. The minimum absolute atomic E-state index is 0.0493. The summed E-state index contributed by atoms with van der Waals surface area (Å²) in [5.74, 6) is -1.16. The lowest BCUT2D eigenvalue weighted by molar-refractivity contribution is 0.0696. The Morgan fingerprint density at radius 2 is 2.14 bits per heavy atom. The maximum absolute atomic E-state index is 12.3. The van der Waals surface area contributed by atoms with E-state index < -0.39 is 16.0 Å². The van der Waals surface area contributed by atoms with E-state index in [0.717, 1.165) is 12.5 Å². The van der Waals surface area contributed by atoms with Crippen molar-refractivity contribution in [3.05, 3.63) is 23.8 Å². The van der Waals surface area contributed by atoms with Gasteiger partial charge in [-0.2, -0.15) is 0 Å². The van der Waals surface area contributed by atoms with E-state index >= 15 is 0 Å². The highest BCUT2D eigenvalue weighted by Crippen LogP contribution is 2.25. The Balaban J connectivity index is 2.18. The van der Waals surface area contributed by atoms with Crippen LogP contribution in [0.4, 0.5) is 5.69 Å². The highest BCUT2D eigenvalue weighted by molar-refractivity contribution is 7.89. The average molecular weight is 314 g/mol. The van der Waals surface area contributed by atoms with Crippen LogP contribution >= 0.6 is 0 Å². The predicted octanol–water partition coefficient (Wildman–Crippen LogP) is 0.813. The van der Waals surface area contributed by atoms with E-state index in [9.17, 15) is 13.2 Å². The van der Waals surface area contributed by atoms with Crippen molar-refractivity contribution < 1.29 is 23.1 Å². The topological polar surface area (TPSA) is 119 Å². The number of methoxy groups -OCH3 is 1. The maximum Gasteiger partial charge on any atom is 0.335 e. The Labute approximate surface area is 123 Å². The molecule has 0 saturated heterocycles. The molecule has 2 unspecified atom stereocenters. The molecule has 1 aromatic carbocycles. The first-order valence-electron chi connectivity index (χ1n) is 6.51. The SMILES string of the molecule is COC1CCC(NS(=O)(=O)c2ccc(C(=O)O)cc2N)C1. The van der Waals surface area contributed by atoms with Crippen LogP contribution in [0.25, 0.3) is 0 Å². The molecule has 0 amide bonds. The summed E-state index contributed by atoms with van der Waals surface area (Å²) in [5, 5.41) is 8.85. The molecule has 7 nitrogen and oxygen atoms in total. The number of rotatable bonds is 5. The Bertz CT molecular complexity index is 644. The summed E-state index contributed by atoms with van der Waals surface area (Å²) < 4.78 is 32.4. The molecule has 2 atom stereocenters. The zero-order valence-corrected chi connectivity index (χ0v) is 12.4. The Morgan fingerprint density at radius 3 is 2.67 bits per heavy atom. The zero-order chi connectivity index (χ0) is 15.6. The fraction of sp³-hybridized carbons (Fsp3) is 0.462.